The first kappa shape index (κ1) is 18.0. The van der Waals surface area contributed by atoms with Gasteiger partial charge >= 0.3 is 0 Å². The molecule has 0 spiro atoms. The van der Waals surface area contributed by atoms with Gasteiger partial charge in [0.1, 0.15) is 0 Å². The van der Waals surface area contributed by atoms with E-state index in [1.165, 1.54) is 4.31 Å². The van der Waals surface area contributed by atoms with Gasteiger partial charge in [0.2, 0.25) is 16.8 Å². The predicted octanol–water partition coefficient (Wildman–Crippen LogP) is 0.584. The highest BCUT2D eigenvalue weighted by Gasteiger charge is 2.30. The lowest BCUT2D eigenvalue weighted by Gasteiger charge is -2.34. The lowest BCUT2D eigenvalue weighted by atomic mass is 10.2. The molecule has 0 aliphatic carbocycles. The minimum absolute atomic E-state index is 0.0374. The predicted molar refractivity (Wildman–Crippen MR) is 90.3 cm³/mol. The lowest BCUT2D eigenvalue weighted by molar-refractivity contribution is -0.0440. The Labute approximate surface area is 147 Å². The highest BCUT2D eigenvalue weighted by Crippen LogP contribution is 2.32. The van der Waals surface area contributed by atoms with Crippen LogP contribution < -0.4 is 14.8 Å². The van der Waals surface area contributed by atoms with Crippen LogP contribution in [0.2, 0.25) is 0 Å². The maximum Gasteiger partial charge on any atom is 0.251 e. The molecule has 1 saturated heterocycles. The molecule has 0 radical (unpaired) electrons. The Morgan fingerprint density at radius 2 is 1.88 bits per heavy atom. The molecular weight excluding hydrogens is 348 g/mol. The van der Waals surface area contributed by atoms with E-state index in [1.807, 2.05) is 13.8 Å². The normalized spacial score (nSPS) is 23.4. The van der Waals surface area contributed by atoms with Gasteiger partial charge in [-0.2, -0.15) is 4.31 Å². The molecule has 2 atom stereocenters. The van der Waals surface area contributed by atoms with Crippen molar-refractivity contribution in [3.05, 3.63) is 23.8 Å². The summed E-state index contributed by atoms with van der Waals surface area (Å²) in [6.45, 7) is 4.54. The van der Waals surface area contributed by atoms with Gasteiger partial charge in [0.05, 0.1) is 18.0 Å². The van der Waals surface area contributed by atoms with Crippen molar-refractivity contribution in [2.24, 2.45) is 0 Å². The van der Waals surface area contributed by atoms with Gasteiger partial charge < -0.3 is 19.5 Å². The third-order valence-electron chi connectivity index (χ3n) is 4.06. The fourth-order valence-corrected chi connectivity index (χ4v) is 4.41. The molecule has 1 aromatic rings. The second kappa shape index (κ2) is 7.19. The fraction of sp³-hybridized carbons (Fsp3) is 0.562. The quantitative estimate of drug-likeness (QED) is 0.815. The number of morpholine rings is 1. The smallest absolute Gasteiger partial charge is 0.251 e. The Kier molecular flexibility index (Phi) is 5.16. The molecule has 8 nitrogen and oxygen atoms in total. The molecule has 2 aliphatic rings. The molecule has 1 amide bonds. The van der Waals surface area contributed by atoms with Crippen molar-refractivity contribution in [2.75, 3.05) is 32.2 Å². The Balaban J connectivity index is 1.54. The van der Waals surface area contributed by atoms with Crippen molar-refractivity contribution in [1.82, 2.24) is 9.62 Å². The van der Waals surface area contributed by atoms with E-state index >= 15 is 0 Å². The Morgan fingerprint density at radius 1 is 1.20 bits per heavy atom. The number of nitrogens with one attached hydrogen (secondary N) is 1. The second-order valence-corrected chi connectivity index (χ2v) is 8.30. The molecule has 0 aromatic heterocycles. The topological polar surface area (TPSA) is 94.2 Å². The van der Waals surface area contributed by atoms with E-state index in [0.717, 1.165) is 0 Å². The number of carbonyl (C=O) groups is 1. The molecule has 2 heterocycles. The summed E-state index contributed by atoms with van der Waals surface area (Å²) in [5.74, 6) is 0.603. The van der Waals surface area contributed by atoms with Crippen LogP contribution >= 0.6 is 0 Å². The van der Waals surface area contributed by atoms with Crippen molar-refractivity contribution < 1.29 is 27.4 Å². The van der Waals surface area contributed by atoms with Crippen molar-refractivity contribution in [2.45, 2.75) is 26.1 Å². The van der Waals surface area contributed by atoms with Crippen molar-refractivity contribution in [3.8, 4) is 11.5 Å². The second-order valence-electron chi connectivity index (χ2n) is 6.21. The monoisotopic (exact) mass is 370 g/mol. The Hall–Kier alpha value is -1.84. The largest absolute Gasteiger partial charge is 0.454 e. The Morgan fingerprint density at radius 3 is 2.60 bits per heavy atom. The number of nitrogens with zero attached hydrogens (tertiary/aromatic N) is 1. The summed E-state index contributed by atoms with van der Waals surface area (Å²) in [6, 6.07) is 4.85. The zero-order valence-corrected chi connectivity index (χ0v) is 15.0. The number of hydrogen-bond acceptors (Lipinski definition) is 6. The molecule has 9 heteroatoms. The molecule has 0 unspecified atom stereocenters. The van der Waals surface area contributed by atoms with Crippen LogP contribution in [-0.4, -0.2) is 63.0 Å². The number of hydrogen-bond donors (Lipinski definition) is 1. The van der Waals surface area contributed by atoms with E-state index in [9.17, 15) is 13.2 Å². The highest BCUT2D eigenvalue weighted by atomic mass is 32.2. The van der Waals surface area contributed by atoms with Crippen molar-refractivity contribution in [1.29, 1.82) is 0 Å². The third-order valence-corrected chi connectivity index (χ3v) is 5.86. The van der Waals surface area contributed by atoms with Crippen LogP contribution in [0.15, 0.2) is 18.2 Å². The summed E-state index contributed by atoms with van der Waals surface area (Å²) < 4.78 is 42.3. The average molecular weight is 370 g/mol. The molecular formula is C16H22N2O6S. The van der Waals surface area contributed by atoms with Gasteiger partial charge in [0.15, 0.2) is 11.5 Å². The molecule has 0 bridgehead atoms. The van der Waals surface area contributed by atoms with Gasteiger partial charge in [0.25, 0.3) is 5.91 Å². The van der Waals surface area contributed by atoms with Crippen molar-refractivity contribution in [3.63, 3.8) is 0 Å². The number of amides is 1. The van der Waals surface area contributed by atoms with Gasteiger partial charge in [-0.05, 0) is 32.0 Å². The number of ether oxygens (including phenoxy) is 3. The maximum absolute atomic E-state index is 12.4. The van der Waals surface area contributed by atoms with Crippen LogP contribution in [0.25, 0.3) is 0 Å². The zero-order chi connectivity index (χ0) is 18.0. The summed E-state index contributed by atoms with van der Waals surface area (Å²) in [7, 11) is -3.44. The first-order chi connectivity index (χ1) is 11.8. The van der Waals surface area contributed by atoms with Crippen LogP contribution in [0.1, 0.15) is 24.2 Å². The third kappa shape index (κ3) is 4.23. The first-order valence-corrected chi connectivity index (χ1v) is 9.77. The number of sulfonamides is 1. The van der Waals surface area contributed by atoms with Crippen LogP contribution in [0.4, 0.5) is 0 Å². The molecule has 25 heavy (non-hydrogen) atoms. The minimum atomic E-state index is -3.44. The first-order valence-electron chi connectivity index (χ1n) is 8.16. The summed E-state index contributed by atoms with van der Waals surface area (Å²) in [4.78, 5) is 12.2. The number of carbonyl (C=O) groups excluding carboxylic acids is 1. The van der Waals surface area contributed by atoms with Gasteiger partial charge in [-0.3, -0.25) is 4.79 Å². The van der Waals surface area contributed by atoms with E-state index in [1.54, 1.807) is 18.2 Å². The van der Waals surface area contributed by atoms with E-state index in [4.69, 9.17) is 14.2 Å². The van der Waals surface area contributed by atoms with E-state index in [0.29, 0.717) is 30.2 Å². The summed E-state index contributed by atoms with van der Waals surface area (Å²) in [6.07, 6.45) is -0.275. The van der Waals surface area contributed by atoms with Gasteiger partial charge in [0, 0.05) is 25.2 Å². The molecule has 138 valence electrons. The molecule has 3 rings (SSSR count). The van der Waals surface area contributed by atoms with E-state index in [-0.39, 0.29) is 37.2 Å². The number of fused-ring (bicyclic) bond motifs is 1. The molecule has 1 N–H and O–H groups in total. The van der Waals surface area contributed by atoms with Crippen LogP contribution in [0, 0.1) is 0 Å². The van der Waals surface area contributed by atoms with E-state index in [2.05, 4.69) is 5.32 Å². The highest BCUT2D eigenvalue weighted by molar-refractivity contribution is 7.89. The number of benzene rings is 1. The zero-order valence-electron chi connectivity index (χ0n) is 14.2. The number of rotatable bonds is 5. The van der Waals surface area contributed by atoms with E-state index < -0.39 is 10.0 Å². The Bertz CT molecular complexity index is 741. The minimum Gasteiger partial charge on any atom is -0.454 e. The fourth-order valence-electron chi connectivity index (χ4n) is 2.92. The lowest BCUT2D eigenvalue weighted by Crippen LogP contribution is -2.49. The molecule has 0 saturated carbocycles. The van der Waals surface area contributed by atoms with Gasteiger partial charge in [-0.1, -0.05) is 0 Å². The summed E-state index contributed by atoms with van der Waals surface area (Å²) >= 11 is 0. The summed E-state index contributed by atoms with van der Waals surface area (Å²) in [5, 5.41) is 2.64. The molecule has 1 fully saturated rings. The molecule has 1 aromatic carbocycles. The van der Waals surface area contributed by atoms with Crippen LogP contribution in [-0.2, 0) is 14.8 Å². The SMILES string of the molecule is C[C@@H]1CN(S(=O)(=O)CCNC(=O)c2ccc3c(c2)OCO3)C[C@H](C)O1. The molecule has 2 aliphatic heterocycles. The van der Waals surface area contributed by atoms with Crippen LogP contribution in [0.3, 0.4) is 0 Å². The average Bonchev–Trinajstić information content (AvgIpc) is 3.01. The van der Waals surface area contributed by atoms with Crippen molar-refractivity contribution >= 4 is 15.9 Å². The van der Waals surface area contributed by atoms with Gasteiger partial charge in [-0.25, -0.2) is 8.42 Å². The van der Waals surface area contributed by atoms with Crippen LogP contribution in [0.5, 0.6) is 11.5 Å². The standard InChI is InChI=1S/C16H22N2O6S/c1-11-8-18(9-12(2)24-11)25(20,21)6-5-17-16(19)13-3-4-14-15(7-13)23-10-22-14/h3-4,7,11-12H,5-6,8-10H2,1-2H3,(H,17,19)/t11-,12+. The summed E-state index contributed by atoms with van der Waals surface area (Å²) in [5.41, 5.74) is 0.398. The maximum atomic E-state index is 12.4. The van der Waals surface area contributed by atoms with Gasteiger partial charge in [-0.15, -0.1) is 0 Å².